The molecule has 2 rings (SSSR count). The van der Waals surface area contributed by atoms with Gasteiger partial charge in [0.1, 0.15) is 5.75 Å². The smallest absolute Gasteiger partial charge is 0.303 e. The maximum atomic E-state index is 12.4. The van der Waals surface area contributed by atoms with Crippen LogP contribution in [0.5, 0.6) is 5.75 Å². The van der Waals surface area contributed by atoms with E-state index in [1.165, 1.54) is 0 Å². The van der Waals surface area contributed by atoms with E-state index >= 15 is 0 Å². The van der Waals surface area contributed by atoms with Crippen LogP contribution in [0.25, 0.3) is 0 Å². The first kappa shape index (κ1) is 18.0. The molecule has 0 aliphatic rings. The fourth-order valence-electron chi connectivity index (χ4n) is 2.10. The van der Waals surface area contributed by atoms with Gasteiger partial charge in [-0.05, 0) is 36.4 Å². The van der Waals surface area contributed by atoms with Crippen LogP contribution in [0.15, 0.2) is 48.5 Å². The van der Waals surface area contributed by atoms with Crippen molar-refractivity contribution in [3.8, 4) is 5.75 Å². The van der Waals surface area contributed by atoms with Gasteiger partial charge in [0.05, 0.1) is 24.8 Å². The van der Waals surface area contributed by atoms with Crippen molar-refractivity contribution >= 4 is 29.2 Å². The zero-order valence-corrected chi connectivity index (χ0v) is 13.6. The number of ether oxygens (including phenoxy) is 1. The lowest BCUT2D eigenvalue weighted by Crippen LogP contribution is -2.18. The number of carbonyl (C=O) groups is 3. The molecule has 3 N–H and O–H groups in total. The highest BCUT2D eigenvalue weighted by Crippen LogP contribution is 2.19. The summed E-state index contributed by atoms with van der Waals surface area (Å²) in [4.78, 5) is 34.8. The second-order valence-corrected chi connectivity index (χ2v) is 5.17. The molecule has 7 heteroatoms. The van der Waals surface area contributed by atoms with Gasteiger partial charge in [-0.15, -0.1) is 0 Å². The van der Waals surface area contributed by atoms with Gasteiger partial charge in [0, 0.05) is 12.1 Å². The van der Waals surface area contributed by atoms with Gasteiger partial charge in [-0.1, -0.05) is 12.1 Å². The maximum Gasteiger partial charge on any atom is 0.303 e. The molecule has 2 amide bonds. The Hall–Kier alpha value is -3.35. The molecule has 0 aliphatic heterocycles. The normalized spacial score (nSPS) is 9.96. The van der Waals surface area contributed by atoms with Crippen LogP contribution >= 0.6 is 0 Å². The van der Waals surface area contributed by atoms with E-state index in [1.54, 1.807) is 55.6 Å². The fraction of sp³-hybridized carbons (Fsp3) is 0.167. The van der Waals surface area contributed by atoms with Gasteiger partial charge in [-0.2, -0.15) is 0 Å². The van der Waals surface area contributed by atoms with Crippen LogP contribution in [0.2, 0.25) is 0 Å². The fourth-order valence-corrected chi connectivity index (χ4v) is 2.10. The highest BCUT2D eigenvalue weighted by Gasteiger charge is 2.14. The van der Waals surface area contributed by atoms with Gasteiger partial charge in [0.25, 0.3) is 5.91 Å². The van der Waals surface area contributed by atoms with Crippen molar-refractivity contribution < 1.29 is 24.2 Å². The Morgan fingerprint density at radius 1 is 0.960 bits per heavy atom. The summed E-state index contributed by atoms with van der Waals surface area (Å²) in [7, 11) is 1.55. The van der Waals surface area contributed by atoms with E-state index < -0.39 is 11.9 Å². The topological polar surface area (TPSA) is 105 Å². The Morgan fingerprint density at radius 2 is 1.64 bits per heavy atom. The van der Waals surface area contributed by atoms with Crippen LogP contribution in [0.1, 0.15) is 23.2 Å². The van der Waals surface area contributed by atoms with Crippen molar-refractivity contribution in [2.24, 2.45) is 0 Å². The van der Waals surface area contributed by atoms with E-state index in [9.17, 15) is 14.4 Å². The van der Waals surface area contributed by atoms with Gasteiger partial charge in [-0.25, -0.2) is 0 Å². The summed E-state index contributed by atoms with van der Waals surface area (Å²) >= 11 is 0. The van der Waals surface area contributed by atoms with Crippen molar-refractivity contribution in [3.63, 3.8) is 0 Å². The van der Waals surface area contributed by atoms with Crippen LogP contribution in [0.4, 0.5) is 11.4 Å². The quantitative estimate of drug-likeness (QED) is 0.717. The van der Waals surface area contributed by atoms with E-state index in [2.05, 4.69) is 10.6 Å². The summed E-state index contributed by atoms with van der Waals surface area (Å²) in [6, 6.07) is 13.3. The average molecular weight is 342 g/mol. The van der Waals surface area contributed by atoms with Crippen LogP contribution < -0.4 is 15.4 Å². The molecule has 7 nitrogen and oxygen atoms in total. The van der Waals surface area contributed by atoms with E-state index in [4.69, 9.17) is 9.84 Å². The first-order chi connectivity index (χ1) is 12.0. The summed E-state index contributed by atoms with van der Waals surface area (Å²) in [5, 5.41) is 13.9. The van der Waals surface area contributed by atoms with Crippen molar-refractivity contribution in [2.75, 3.05) is 17.7 Å². The summed E-state index contributed by atoms with van der Waals surface area (Å²) in [6.45, 7) is 0. The second kappa shape index (κ2) is 8.49. The van der Waals surface area contributed by atoms with Crippen LogP contribution in [0, 0.1) is 0 Å². The van der Waals surface area contributed by atoms with Crippen molar-refractivity contribution in [3.05, 3.63) is 54.1 Å². The molecule has 25 heavy (non-hydrogen) atoms. The zero-order valence-electron chi connectivity index (χ0n) is 13.6. The monoisotopic (exact) mass is 342 g/mol. The minimum absolute atomic E-state index is 0.163. The molecule has 2 aromatic carbocycles. The van der Waals surface area contributed by atoms with Gasteiger partial charge in [0.2, 0.25) is 5.91 Å². The minimum Gasteiger partial charge on any atom is -0.497 e. The van der Waals surface area contributed by atoms with Gasteiger partial charge in [0.15, 0.2) is 0 Å². The van der Waals surface area contributed by atoms with E-state index in [0.717, 1.165) is 0 Å². The number of aliphatic carboxylic acids is 1. The first-order valence-corrected chi connectivity index (χ1v) is 7.55. The second-order valence-electron chi connectivity index (χ2n) is 5.17. The molecule has 0 aliphatic carbocycles. The summed E-state index contributed by atoms with van der Waals surface area (Å²) in [5.74, 6) is -1.24. The lowest BCUT2D eigenvalue weighted by molar-refractivity contribution is -0.138. The Bertz CT molecular complexity index is 771. The van der Waals surface area contributed by atoms with Gasteiger partial charge >= 0.3 is 5.97 Å². The summed E-state index contributed by atoms with van der Waals surface area (Å²) in [6.07, 6.45) is -0.435. The average Bonchev–Trinajstić information content (AvgIpc) is 2.61. The molecule has 0 atom stereocenters. The number of carboxylic acid groups (broad SMARTS) is 1. The molecule has 0 fully saturated rings. The molecule has 0 aromatic heterocycles. The Kier molecular flexibility index (Phi) is 6.11. The number of rotatable bonds is 7. The first-order valence-electron chi connectivity index (χ1n) is 7.55. The molecule has 0 heterocycles. The van der Waals surface area contributed by atoms with Crippen molar-refractivity contribution in [1.82, 2.24) is 0 Å². The number of hydrogen-bond acceptors (Lipinski definition) is 4. The third kappa shape index (κ3) is 5.35. The van der Waals surface area contributed by atoms with Crippen LogP contribution in [-0.4, -0.2) is 30.0 Å². The molecular formula is C18H18N2O5. The number of anilines is 2. The third-order valence-corrected chi connectivity index (χ3v) is 3.36. The van der Waals surface area contributed by atoms with Crippen LogP contribution in [-0.2, 0) is 9.59 Å². The largest absolute Gasteiger partial charge is 0.497 e. The predicted octanol–water partition coefficient (Wildman–Crippen LogP) is 2.75. The lowest BCUT2D eigenvalue weighted by Gasteiger charge is -2.11. The lowest BCUT2D eigenvalue weighted by atomic mass is 10.1. The Balaban J connectivity index is 2.08. The van der Waals surface area contributed by atoms with Crippen LogP contribution in [0.3, 0.4) is 0 Å². The number of methoxy groups -OCH3 is 1. The summed E-state index contributed by atoms with van der Waals surface area (Å²) in [5.41, 5.74) is 1.18. The molecular weight excluding hydrogens is 324 g/mol. The Morgan fingerprint density at radius 3 is 2.28 bits per heavy atom. The van der Waals surface area contributed by atoms with Gasteiger partial charge in [-0.3, -0.25) is 14.4 Å². The predicted molar refractivity (Wildman–Crippen MR) is 92.9 cm³/mol. The number of carbonyl (C=O) groups excluding carboxylic acids is 2. The molecule has 0 saturated carbocycles. The number of carboxylic acids is 1. The zero-order chi connectivity index (χ0) is 18.2. The molecule has 0 unspecified atom stereocenters. The van der Waals surface area contributed by atoms with E-state index in [0.29, 0.717) is 17.1 Å². The van der Waals surface area contributed by atoms with Gasteiger partial charge < -0.3 is 20.5 Å². The molecule has 2 aromatic rings. The molecule has 0 saturated heterocycles. The molecule has 0 radical (unpaired) electrons. The Labute approximate surface area is 144 Å². The molecule has 0 spiro atoms. The van der Waals surface area contributed by atoms with E-state index in [-0.39, 0.29) is 24.3 Å². The number of benzene rings is 2. The summed E-state index contributed by atoms with van der Waals surface area (Å²) < 4.78 is 5.06. The number of amides is 2. The third-order valence-electron chi connectivity index (χ3n) is 3.36. The number of nitrogens with one attached hydrogen (secondary N) is 2. The molecule has 130 valence electrons. The minimum atomic E-state index is -1.05. The van der Waals surface area contributed by atoms with Crippen molar-refractivity contribution in [1.29, 1.82) is 0 Å². The number of para-hydroxylation sites is 1. The van der Waals surface area contributed by atoms with Crippen molar-refractivity contribution in [2.45, 2.75) is 12.8 Å². The number of hydrogen-bond donors (Lipinski definition) is 3. The highest BCUT2D eigenvalue weighted by atomic mass is 16.5. The SMILES string of the molecule is COc1ccc(NC(=O)c2ccccc2NC(=O)CCC(=O)O)cc1. The maximum absolute atomic E-state index is 12.4. The van der Waals surface area contributed by atoms with E-state index in [1.807, 2.05) is 0 Å². The standard InChI is InChI=1S/C18H18N2O5/c1-25-13-8-6-12(7-9-13)19-18(24)14-4-2-3-5-15(14)20-16(21)10-11-17(22)23/h2-9H,10-11H2,1H3,(H,19,24)(H,20,21)(H,22,23). The molecule has 0 bridgehead atoms. The highest BCUT2D eigenvalue weighted by molar-refractivity contribution is 6.10.